The topological polar surface area (TPSA) is 53.6 Å². The van der Waals surface area contributed by atoms with E-state index in [4.69, 9.17) is 0 Å². The lowest BCUT2D eigenvalue weighted by Gasteiger charge is -2.26. The Morgan fingerprint density at radius 1 is 1.45 bits per heavy atom. The van der Waals surface area contributed by atoms with Gasteiger partial charge in [0.15, 0.2) is 0 Å². The van der Waals surface area contributed by atoms with Crippen molar-refractivity contribution in [2.45, 2.75) is 77.4 Å². The molecule has 0 aliphatic heterocycles. The van der Waals surface area contributed by atoms with Crippen molar-refractivity contribution in [1.82, 2.24) is 14.9 Å². The summed E-state index contributed by atoms with van der Waals surface area (Å²) in [5.74, 6) is 0. The quantitative estimate of drug-likeness (QED) is 0.868. The molecule has 110 valence electrons. The van der Waals surface area contributed by atoms with Gasteiger partial charge >= 0.3 is 0 Å². The molecule has 1 aromatic rings. The van der Waals surface area contributed by atoms with Gasteiger partial charge in [0.05, 0.1) is 18.1 Å². The lowest BCUT2D eigenvalue weighted by Crippen LogP contribution is -2.45. The average molecular weight is 274 g/mol. The van der Waals surface area contributed by atoms with Crippen LogP contribution in [0.4, 0.5) is 0 Å². The highest BCUT2D eigenvalue weighted by atomic mass is 15.1. The third-order valence-corrected chi connectivity index (χ3v) is 4.04. The first-order chi connectivity index (χ1) is 9.54. The van der Waals surface area contributed by atoms with Crippen LogP contribution in [0.5, 0.6) is 0 Å². The zero-order valence-electron chi connectivity index (χ0n) is 12.9. The van der Waals surface area contributed by atoms with E-state index in [0.29, 0.717) is 6.04 Å². The SMILES string of the molecule is CC(C)NC(C)(C#N)CCCn1cnc2c1CCCC2. The van der Waals surface area contributed by atoms with Gasteiger partial charge in [0.25, 0.3) is 0 Å². The Kier molecular flexibility index (Phi) is 4.82. The number of hydrogen-bond acceptors (Lipinski definition) is 3. The Labute approximate surface area is 122 Å². The second-order valence-electron chi connectivity index (χ2n) is 6.38. The maximum absolute atomic E-state index is 9.35. The molecule has 0 radical (unpaired) electrons. The first kappa shape index (κ1) is 15.1. The highest BCUT2D eigenvalue weighted by Gasteiger charge is 2.24. The van der Waals surface area contributed by atoms with Gasteiger partial charge in [0.2, 0.25) is 0 Å². The van der Waals surface area contributed by atoms with Crippen LogP contribution in [-0.2, 0) is 19.4 Å². The van der Waals surface area contributed by atoms with E-state index in [1.54, 1.807) is 0 Å². The highest BCUT2D eigenvalue weighted by molar-refractivity contribution is 5.16. The largest absolute Gasteiger partial charge is 0.334 e. The van der Waals surface area contributed by atoms with Crippen molar-refractivity contribution in [3.8, 4) is 6.07 Å². The molecule has 0 amide bonds. The van der Waals surface area contributed by atoms with Gasteiger partial charge in [-0.2, -0.15) is 5.26 Å². The molecule has 0 aromatic carbocycles. The Bertz CT molecular complexity index is 483. The van der Waals surface area contributed by atoms with Gasteiger partial charge < -0.3 is 4.57 Å². The molecule has 0 bridgehead atoms. The van der Waals surface area contributed by atoms with Crippen molar-refractivity contribution < 1.29 is 0 Å². The Morgan fingerprint density at radius 2 is 2.20 bits per heavy atom. The fourth-order valence-corrected chi connectivity index (χ4v) is 3.12. The molecule has 0 fully saturated rings. The Balaban J connectivity index is 1.89. The molecule has 1 aliphatic carbocycles. The van der Waals surface area contributed by atoms with E-state index in [0.717, 1.165) is 32.2 Å². The second-order valence-corrected chi connectivity index (χ2v) is 6.38. The van der Waals surface area contributed by atoms with Crippen molar-refractivity contribution in [3.05, 3.63) is 17.7 Å². The summed E-state index contributed by atoms with van der Waals surface area (Å²) in [6.45, 7) is 7.14. The van der Waals surface area contributed by atoms with Crippen molar-refractivity contribution in [3.63, 3.8) is 0 Å². The fourth-order valence-electron chi connectivity index (χ4n) is 3.12. The second kappa shape index (κ2) is 6.41. The molecular formula is C16H26N4. The van der Waals surface area contributed by atoms with Crippen LogP contribution in [0.3, 0.4) is 0 Å². The minimum Gasteiger partial charge on any atom is -0.334 e. The van der Waals surface area contributed by atoms with Crippen LogP contribution >= 0.6 is 0 Å². The highest BCUT2D eigenvalue weighted by Crippen LogP contribution is 2.21. The van der Waals surface area contributed by atoms with Gasteiger partial charge in [0.1, 0.15) is 5.54 Å². The summed E-state index contributed by atoms with van der Waals surface area (Å²) in [6.07, 6.45) is 8.71. The van der Waals surface area contributed by atoms with Crippen molar-refractivity contribution >= 4 is 0 Å². The molecule has 2 rings (SSSR count). The Hall–Kier alpha value is -1.34. The van der Waals surface area contributed by atoms with E-state index in [-0.39, 0.29) is 0 Å². The van der Waals surface area contributed by atoms with Crippen molar-refractivity contribution in [2.24, 2.45) is 0 Å². The molecule has 1 aromatic heterocycles. The minimum absolute atomic E-state index is 0.334. The molecule has 4 heteroatoms. The van der Waals surface area contributed by atoms with Crippen LogP contribution in [0.1, 0.15) is 57.8 Å². The molecule has 0 spiro atoms. The van der Waals surface area contributed by atoms with E-state index in [9.17, 15) is 5.26 Å². The summed E-state index contributed by atoms with van der Waals surface area (Å²) in [7, 11) is 0. The van der Waals surface area contributed by atoms with Crippen LogP contribution in [0.2, 0.25) is 0 Å². The van der Waals surface area contributed by atoms with Crippen molar-refractivity contribution in [1.29, 1.82) is 5.26 Å². The number of nitriles is 1. The van der Waals surface area contributed by atoms with Gasteiger partial charge in [-0.25, -0.2) is 4.98 Å². The minimum atomic E-state index is -0.422. The molecule has 20 heavy (non-hydrogen) atoms. The lowest BCUT2D eigenvalue weighted by atomic mass is 9.96. The van der Waals surface area contributed by atoms with Gasteiger partial charge in [-0.15, -0.1) is 0 Å². The third-order valence-electron chi connectivity index (χ3n) is 4.04. The first-order valence-corrected chi connectivity index (χ1v) is 7.76. The predicted octanol–water partition coefficient (Wildman–Crippen LogP) is 2.82. The zero-order valence-corrected chi connectivity index (χ0v) is 12.9. The molecule has 1 heterocycles. The molecule has 1 atom stereocenters. The number of hydrogen-bond donors (Lipinski definition) is 1. The lowest BCUT2D eigenvalue weighted by molar-refractivity contribution is 0.363. The van der Waals surface area contributed by atoms with Gasteiger partial charge in [-0.3, -0.25) is 5.32 Å². The number of aryl methyl sites for hydroxylation is 2. The molecule has 0 saturated heterocycles. The molecular weight excluding hydrogens is 248 g/mol. The summed E-state index contributed by atoms with van der Waals surface area (Å²) in [5, 5.41) is 12.7. The summed E-state index contributed by atoms with van der Waals surface area (Å²) in [4.78, 5) is 4.52. The van der Waals surface area contributed by atoms with Crippen molar-refractivity contribution in [2.75, 3.05) is 0 Å². The van der Waals surface area contributed by atoms with Gasteiger partial charge in [0, 0.05) is 18.3 Å². The number of aromatic nitrogens is 2. The maximum Gasteiger partial charge on any atom is 0.104 e. The molecule has 4 nitrogen and oxygen atoms in total. The first-order valence-electron chi connectivity index (χ1n) is 7.76. The molecule has 1 N–H and O–H groups in total. The van der Waals surface area contributed by atoms with Crippen LogP contribution in [0.25, 0.3) is 0 Å². The number of imidazole rings is 1. The summed E-state index contributed by atoms with van der Waals surface area (Å²) < 4.78 is 2.29. The van der Waals surface area contributed by atoms with Crippen LogP contribution < -0.4 is 5.32 Å². The number of fused-ring (bicyclic) bond motifs is 1. The number of nitrogens with zero attached hydrogens (tertiary/aromatic N) is 3. The normalized spacial score (nSPS) is 17.6. The van der Waals surface area contributed by atoms with E-state index < -0.39 is 5.54 Å². The summed E-state index contributed by atoms with van der Waals surface area (Å²) in [6, 6.07) is 2.75. The van der Waals surface area contributed by atoms with Crippen LogP contribution in [0.15, 0.2) is 6.33 Å². The molecule has 1 aliphatic rings. The standard InChI is InChI=1S/C16H26N4/c1-13(2)19-16(3,11-17)9-6-10-20-12-18-14-7-4-5-8-15(14)20/h12-13,19H,4-10H2,1-3H3. The molecule has 0 saturated carbocycles. The fraction of sp³-hybridized carbons (Fsp3) is 0.750. The van der Waals surface area contributed by atoms with E-state index in [2.05, 4.69) is 34.8 Å². The summed E-state index contributed by atoms with van der Waals surface area (Å²) in [5.41, 5.74) is 2.29. The maximum atomic E-state index is 9.35. The Morgan fingerprint density at radius 3 is 2.90 bits per heavy atom. The smallest absolute Gasteiger partial charge is 0.104 e. The summed E-state index contributed by atoms with van der Waals surface area (Å²) >= 11 is 0. The van der Waals surface area contributed by atoms with Crippen LogP contribution in [-0.4, -0.2) is 21.1 Å². The number of nitrogens with one attached hydrogen (secondary N) is 1. The van der Waals surface area contributed by atoms with Crippen LogP contribution in [0, 0.1) is 11.3 Å². The van der Waals surface area contributed by atoms with E-state index >= 15 is 0 Å². The molecule has 1 unspecified atom stereocenters. The number of rotatable bonds is 6. The van der Waals surface area contributed by atoms with E-state index in [1.807, 2.05) is 13.3 Å². The monoisotopic (exact) mass is 274 g/mol. The van der Waals surface area contributed by atoms with Gasteiger partial charge in [-0.05, 0) is 59.3 Å². The predicted molar refractivity (Wildman–Crippen MR) is 80.4 cm³/mol. The van der Waals surface area contributed by atoms with E-state index in [1.165, 1.54) is 24.2 Å². The zero-order chi connectivity index (χ0) is 14.6. The third kappa shape index (κ3) is 3.61. The van der Waals surface area contributed by atoms with Gasteiger partial charge in [-0.1, -0.05) is 0 Å². The average Bonchev–Trinajstić information content (AvgIpc) is 2.82.